The lowest BCUT2D eigenvalue weighted by molar-refractivity contribution is -0.136. The van der Waals surface area contributed by atoms with Crippen LogP contribution in [0.3, 0.4) is 0 Å². The fourth-order valence-electron chi connectivity index (χ4n) is 4.39. The quantitative estimate of drug-likeness (QED) is 0.255. The predicted octanol–water partition coefficient (Wildman–Crippen LogP) is 5.29. The van der Waals surface area contributed by atoms with Crippen LogP contribution in [0.1, 0.15) is 31.7 Å². The van der Waals surface area contributed by atoms with Gasteiger partial charge in [-0.25, -0.2) is 18.4 Å². The second-order valence-corrected chi connectivity index (χ2v) is 10.8. The highest BCUT2D eigenvalue weighted by atomic mass is 32.2. The van der Waals surface area contributed by atoms with Crippen molar-refractivity contribution in [2.45, 2.75) is 31.1 Å². The molecule has 39 heavy (non-hydrogen) atoms. The van der Waals surface area contributed by atoms with Crippen LogP contribution in [0.2, 0.25) is 0 Å². The lowest BCUT2D eigenvalue weighted by Crippen LogP contribution is -2.20. The van der Waals surface area contributed by atoms with E-state index in [4.69, 9.17) is 19.3 Å². The number of carbonyl (C=O) groups excluding carboxylic acids is 1. The molecule has 2 N–H and O–H groups in total. The molecule has 0 spiro atoms. The molecule has 9 heteroatoms. The Kier molecular flexibility index (Phi) is 9.40. The van der Waals surface area contributed by atoms with E-state index in [0.717, 1.165) is 53.3 Å². The van der Waals surface area contributed by atoms with Crippen LogP contribution in [0.4, 0.5) is 11.4 Å². The van der Waals surface area contributed by atoms with E-state index in [2.05, 4.69) is 11.8 Å². The monoisotopic (exact) mass is 550 g/mol. The van der Waals surface area contributed by atoms with Gasteiger partial charge in [-0.1, -0.05) is 31.5 Å². The first-order chi connectivity index (χ1) is 18.8. The maximum Gasteiger partial charge on any atom is 0.333 e. The fourth-order valence-corrected chi connectivity index (χ4v) is 4.91. The maximum atomic E-state index is 12.5. The highest BCUT2D eigenvalue weighted by molar-refractivity contribution is 7.89. The molecular formula is C30H34N2O6S. The van der Waals surface area contributed by atoms with Crippen LogP contribution in [0.5, 0.6) is 5.75 Å². The summed E-state index contributed by atoms with van der Waals surface area (Å²) < 4.78 is 39.8. The molecule has 0 atom stereocenters. The second-order valence-electron chi connectivity index (χ2n) is 9.21. The van der Waals surface area contributed by atoms with Crippen LogP contribution in [-0.2, 0) is 24.3 Å². The number of rotatable bonds is 11. The summed E-state index contributed by atoms with van der Waals surface area (Å²) in [5.74, 6) is 0.396. The molecule has 4 rings (SSSR count). The van der Waals surface area contributed by atoms with Crippen molar-refractivity contribution in [2.24, 2.45) is 5.14 Å². The van der Waals surface area contributed by atoms with Gasteiger partial charge in [0, 0.05) is 30.1 Å². The number of ether oxygens (including phenoxy) is 3. The molecule has 0 fully saturated rings. The number of sulfonamides is 1. The zero-order valence-electron chi connectivity index (χ0n) is 22.3. The Morgan fingerprint density at radius 1 is 0.949 bits per heavy atom. The van der Waals surface area contributed by atoms with Crippen LogP contribution < -0.4 is 14.8 Å². The van der Waals surface area contributed by atoms with Gasteiger partial charge in [0.15, 0.2) is 0 Å². The van der Waals surface area contributed by atoms with Crippen LogP contribution in [0.25, 0.3) is 17.2 Å². The SMILES string of the molecule is CCCCOCCOc1ccc(-c2ccc3c(c2)C=C(C(=O)OC)CCN3c2ccc(S(N)(=O)=O)cc2)cc1. The summed E-state index contributed by atoms with van der Waals surface area (Å²) in [5.41, 5.74) is 5.08. The van der Waals surface area contributed by atoms with E-state index in [1.54, 1.807) is 12.1 Å². The van der Waals surface area contributed by atoms with Gasteiger partial charge in [0.2, 0.25) is 10.0 Å². The van der Waals surface area contributed by atoms with Gasteiger partial charge in [-0.3, -0.25) is 0 Å². The Bertz CT molecular complexity index is 1420. The molecule has 206 valence electrons. The molecule has 1 aliphatic heterocycles. The zero-order chi connectivity index (χ0) is 27.8. The summed E-state index contributed by atoms with van der Waals surface area (Å²) in [7, 11) is -2.43. The van der Waals surface area contributed by atoms with Crippen molar-refractivity contribution in [2.75, 3.05) is 38.4 Å². The van der Waals surface area contributed by atoms with E-state index in [9.17, 15) is 13.2 Å². The van der Waals surface area contributed by atoms with Crippen LogP contribution in [0.15, 0.2) is 77.2 Å². The molecule has 0 radical (unpaired) electrons. The minimum absolute atomic E-state index is 0.0430. The van der Waals surface area contributed by atoms with Crippen LogP contribution in [0, 0.1) is 0 Å². The van der Waals surface area contributed by atoms with Gasteiger partial charge >= 0.3 is 5.97 Å². The highest BCUT2D eigenvalue weighted by Gasteiger charge is 2.22. The van der Waals surface area contributed by atoms with Crippen molar-refractivity contribution in [1.82, 2.24) is 0 Å². The van der Waals surface area contributed by atoms with E-state index in [1.807, 2.05) is 48.5 Å². The Balaban J connectivity index is 1.59. The van der Waals surface area contributed by atoms with Gasteiger partial charge in [0.25, 0.3) is 0 Å². The number of hydrogen-bond acceptors (Lipinski definition) is 7. The summed E-state index contributed by atoms with van der Waals surface area (Å²) in [6.07, 6.45) is 4.48. The number of fused-ring (bicyclic) bond motifs is 1. The third-order valence-corrected chi connectivity index (χ3v) is 7.43. The van der Waals surface area contributed by atoms with Gasteiger partial charge in [-0.2, -0.15) is 0 Å². The number of unbranched alkanes of at least 4 members (excludes halogenated alkanes) is 1. The molecule has 0 aliphatic carbocycles. The molecule has 3 aromatic rings. The number of carbonyl (C=O) groups is 1. The minimum Gasteiger partial charge on any atom is -0.491 e. The van der Waals surface area contributed by atoms with Gasteiger partial charge in [-0.15, -0.1) is 0 Å². The third-order valence-electron chi connectivity index (χ3n) is 6.50. The van der Waals surface area contributed by atoms with E-state index in [-0.39, 0.29) is 10.9 Å². The molecule has 0 bridgehead atoms. The van der Waals surface area contributed by atoms with Crippen molar-refractivity contribution in [1.29, 1.82) is 0 Å². The first-order valence-electron chi connectivity index (χ1n) is 12.9. The summed E-state index contributed by atoms with van der Waals surface area (Å²) in [6, 6.07) is 20.3. The van der Waals surface area contributed by atoms with E-state index >= 15 is 0 Å². The van der Waals surface area contributed by atoms with Crippen molar-refractivity contribution < 1.29 is 27.4 Å². The third kappa shape index (κ3) is 7.26. The van der Waals surface area contributed by atoms with Crippen LogP contribution in [-0.4, -0.2) is 47.9 Å². The number of anilines is 2. The molecular weight excluding hydrogens is 516 g/mol. The van der Waals surface area contributed by atoms with Crippen molar-refractivity contribution >= 4 is 33.4 Å². The number of methoxy groups -OCH3 is 1. The van der Waals surface area contributed by atoms with Crippen molar-refractivity contribution in [3.05, 3.63) is 77.9 Å². The maximum absolute atomic E-state index is 12.5. The topological polar surface area (TPSA) is 108 Å². The van der Waals surface area contributed by atoms with Crippen molar-refractivity contribution in [3.63, 3.8) is 0 Å². The molecule has 1 aliphatic rings. The number of primary sulfonamides is 1. The number of benzene rings is 3. The van der Waals surface area contributed by atoms with Crippen LogP contribution >= 0.6 is 0 Å². The van der Waals surface area contributed by atoms with Gasteiger partial charge < -0.3 is 19.1 Å². The first-order valence-corrected chi connectivity index (χ1v) is 14.5. The minimum atomic E-state index is -3.80. The number of nitrogens with zero attached hydrogens (tertiary/aromatic N) is 1. The summed E-state index contributed by atoms with van der Waals surface area (Å²) >= 11 is 0. The molecule has 0 saturated carbocycles. The summed E-state index contributed by atoms with van der Waals surface area (Å²) in [5, 5.41) is 5.27. The predicted molar refractivity (Wildman–Crippen MR) is 153 cm³/mol. The lowest BCUT2D eigenvalue weighted by atomic mass is 10.00. The molecule has 3 aromatic carbocycles. The Labute approximate surface area is 230 Å². The second kappa shape index (κ2) is 12.9. The number of nitrogens with two attached hydrogens (primary N) is 1. The average molecular weight is 551 g/mol. The molecule has 0 aromatic heterocycles. The normalized spacial score (nSPS) is 13.3. The smallest absolute Gasteiger partial charge is 0.333 e. The molecule has 1 heterocycles. The Hall–Kier alpha value is -3.66. The molecule has 0 saturated heterocycles. The molecule has 0 unspecified atom stereocenters. The first kappa shape index (κ1) is 28.4. The van der Waals surface area contributed by atoms with Crippen molar-refractivity contribution in [3.8, 4) is 16.9 Å². The van der Waals surface area contributed by atoms with Gasteiger partial charge in [-0.05, 0) is 84.1 Å². The molecule has 0 amide bonds. The van der Waals surface area contributed by atoms with E-state index in [0.29, 0.717) is 31.8 Å². The summed E-state index contributed by atoms with van der Waals surface area (Å²) in [6.45, 7) is 4.45. The number of esters is 1. The van der Waals surface area contributed by atoms with Gasteiger partial charge in [0.1, 0.15) is 12.4 Å². The van der Waals surface area contributed by atoms with Gasteiger partial charge in [0.05, 0.1) is 18.6 Å². The Morgan fingerprint density at radius 3 is 2.33 bits per heavy atom. The van der Waals surface area contributed by atoms with E-state index in [1.165, 1.54) is 19.2 Å². The largest absolute Gasteiger partial charge is 0.491 e. The molecule has 8 nitrogen and oxygen atoms in total. The number of hydrogen-bond donors (Lipinski definition) is 1. The highest BCUT2D eigenvalue weighted by Crippen LogP contribution is 2.37. The zero-order valence-corrected chi connectivity index (χ0v) is 23.1. The summed E-state index contributed by atoms with van der Waals surface area (Å²) in [4.78, 5) is 14.6. The fraction of sp³-hybridized carbons (Fsp3) is 0.300. The Morgan fingerprint density at radius 2 is 1.67 bits per heavy atom. The lowest BCUT2D eigenvalue weighted by Gasteiger charge is -2.26. The standard InChI is InChI=1S/C30H34N2O6S/c1-3-4-17-37-18-19-38-27-10-5-22(6-11-27)23-7-14-29-25(20-23)21-24(30(33)36-2)15-16-32(29)26-8-12-28(13-9-26)39(31,34)35/h5-14,20-21H,3-4,15-19H2,1-2H3,(H2,31,34,35). The van der Waals surface area contributed by atoms with E-state index < -0.39 is 10.0 Å². The average Bonchev–Trinajstić information content (AvgIpc) is 3.14.